The lowest BCUT2D eigenvalue weighted by Gasteiger charge is -2.14. The number of halogens is 5. The Morgan fingerprint density at radius 3 is 2.49 bits per heavy atom. The van der Waals surface area contributed by atoms with Gasteiger partial charge in [0.1, 0.15) is 17.1 Å². The van der Waals surface area contributed by atoms with Crippen LogP contribution in [-0.2, 0) is 30.1 Å². The molecule has 3 aromatic heterocycles. The number of aromatic nitrogens is 5. The SMILES string of the molecule is Cn1cc(Cc2ncc(-c3ccc(CC(=O)Nc4cc(C5(C(F)(F)F)CC5)on4)c(F)c3)cn2)c(Cl)n1. The lowest BCUT2D eigenvalue weighted by molar-refractivity contribution is -0.165. The zero-order valence-corrected chi connectivity index (χ0v) is 20.1. The minimum absolute atomic E-state index is 0.0940. The molecule has 1 fully saturated rings. The Bertz CT molecular complexity index is 1460. The number of hydrogen-bond donors (Lipinski definition) is 1. The molecule has 192 valence electrons. The molecule has 0 aliphatic heterocycles. The quantitative estimate of drug-likeness (QED) is 0.334. The lowest BCUT2D eigenvalue weighted by Crippen LogP contribution is -2.28. The molecule has 0 spiro atoms. The van der Waals surface area contributed by atoms with E-state index >= 15 is 0 Å². The van der Waals surface area contributed by atoms with Crippen LogP contribution in [0.4, 0.5) is 23.4 Å². The number of alkyl halides is 3. The van der Waals surface area contributed by atoms with Crippen molar-refractivity contribution in [1.82, 2.24) is 24.9 Å². The van der Waals surface area contributed by atoms with Crippen molar-refractivity contribution in [3.05, 3.63) is 76.5 Å². The summed E-state index contributed by atoms with van der Waals surface area (Å²) in [6, 6.07) is 5.39. The van der Waals surface area contributed by atoms with Crippen molar-refractivity contribution in [2.45, 2.75) is 37.3 Å². The number of anilines is 1. The van der Waals surface area contributed by atoms with Gasteiger partial charge in [0.25, 0.3) is 0 Å². The Balaban J connectivity index is 1.22. The molecule has 37 heavy (non-hydrogen) atoms. The number of nitrogens with one attached hydrogen (secondary N) is 1. The van der Waals surface area contributed by atoms with E-state index in [9.17, 15) is 22.4 Å². The fourth-order valence-corrected chi connectivity index (χ4v) is 4.21. The molecule has 1 aliphatic carbocycles. The summed E-state index contributed by atoms with van der Waals surface area (Å²) in [5, 5.41) is 10.3. The van der Waals surface area contributed by atoms with Crippen molar-refractivity contribution in [1.29, 1.82) is 0 Å². The van der Waals surface area contributed by atoms with Gasteiger partial charge in [0.2, 0.25) is 5.91 Å². The highest BCUT2D eigenvalue weighted by molar-refractivity contribution is 6.30. The molecule has 8 nitrogen and oxygen atoms in total. The largest absolute Gasteiger partial charge is 0.401 e. The number of rotatable bonds is 7. The second-order valence-corrected chi connectivity index (χ2v) is 9.23. The predicted octanol–water partition coefficient (Wildman–Crippen LogP) is 5.02. The highest BCUT2D eigenvalue weighted by atomic mass is 35.5. The number of carbonyl (C=O) groups is 1. The van der Waals surface area contributed by atoms with Crippen molar-refractivity contribution >= 4 is 23.3 Å². The van der Waals surface area contributed by atoms with Crippen molar-refractivity contribution in [2.24, 2.45) is 7.05 Å². The van der Waals surface area contributed by atoms with Crippen molar-refractivity contribution in [3.8, 4) is 11.1 Å². The fraction of sp³-hybridized carbons (Fsp3) is 0.292. The van der Waals surface area contributed by atoms with Crippen LogP contribution in [0.2, 0.25) is 5.15 Å². The molecule has 0 saturated heterocycles. The molecule has 0 radical (unpaired) electrons. The smallest absolute Gasteiger partial charge is 0.358 e. The molecule has 1 N–H and O–H groups in total. The van der Waals surface area contributed by atoms with Crippen LogP contribution in [0.25, 0.3) is 11.1 Å². The monoisotopic (exact) mass is 534 g/mol. The summed E-state index contributed by atoms with van der Waals surface area (Å²) in [4.78, 5) is 21.0. The van der Waals surface area contributed by atoms with Gasteiger partial charge in [-0.3, -0.25) is 9.48 Å². The molecule has 0 unspecified atom stereocenters. The lowest BCUT2D eigenvalue weighted by atomic mass is 10.0. The van der Waals surface area contributed by atoms with E-state index in [0.29, 0.717) is 28.5 Å². The Morgan fingerprint density at radius 2 is 1.89 bits per heavy atom. The van der Waals surface area contributed by atoms with Gasteiger partial charge >= 0.3 is 6.18 Å². The molecule has 1 saturated carbocycles. The maximum Gasteiger partial charge on any atom is 0.401 e. The average molecular weight is 535 g/mol. The molecule has 4 aromatic rings. The number of carbonyl (C=O) groups excluding carboxylic acids is 1. The number of hydrogen-bond acceptors (Lipinski definition) is 6. The highest BCUT2D eigenvalue weighted by Gasteiger charge is 2.66. The van der Waals surface area contributed by atoms with E-state index in [-0.39, 0.29) is 36.4 Å². The topological polar surface area (TPSA) is 98.7 Å². The van der Waals surface area contributed by atoms with E-state index in [1.807, 2.05) is 0 Å². The summed E-state index contributed by atoms with van der Waals surface area (Å²) in [6.07, 6.45) is 0.285. The second kappa shape index (κ2) is 9.25. The summed E-state index contributed by atoms with van der Waals surface area (Å²) in [5.41, 5.74) is -0.0820. The van der Waals surface area contributed by atoms with E-state index in [0.717, 1.165) is 11.6 Å². The second-order valence-electron chi connectivity index (χ2n) is 8.87. The standard InChI is InChI=1S/C24H19ClF4N6O2/c1-35-12-15(22(25)33-35)7-19-30-10-16(11-31-19)13-2-3-14(17(26)6-13)8-21(36)32-20-9-18(37-34-20)23(4-5-23)24(27,28)29/h2-3,6,9-12H,4-5,7-8H2,1H3,(H,32,34,36). The first-order valence-corrected chi connectivity index (χ1v) is 11.5. The van der Waals surface area contributed by atoms with Gasteiger partial charge in [0, 0.05) is 49.3 Å². The van der Waals surface area contributed by atoms with Crippen LogP contribution in [0.3, 0.4) is 0 Å². The zero-order chi connectivity index (χ0) is 26.4. The molecule has 0 atom stereocenters. The van der Waals surface area contributed by atoms with Gasteiger partial charge in [-0.05, 0) is 30.0 Å². The molecule has 1 amide bonds. The van der Waals surface area contributed by atoms with Crippen LogP contribution in [-0.4, -0.2) is 37.0 Å². The van der Waals surface area contributed by atoms with Crippen LogP contribution in [0, 0.1) is 5.82 Å². The van der Waals surface area contributed by atoms with Gasteiger partial charge in [-0.1, -0.05) is 28.9 Å². The van der Waals surface area contributed by atoms with Crippen LogP contribution in [0.1, 0.15) is 35.6 Å². The number of amides is 1. The van der Waals surface area contributed by atoms with Gasteiger partial charge < -0.3 is 9.84 Å². The van der Waals surface area contributed by atoms with E-state index in [4.69, 9.17) is 16.1 Å². The molecule has 1 aliphatic rings. The minimum Gasteiger partial charge on any atom is -0.358 e. The third-order valence-electron chi connectivity index (χ3n) is 6.19. The van der Waals surface area contributed by atoms with Crippen LogP contribution in [0.5, 0.6) is 0 Å². The van der Waals surface area contributed by atoms with Gasteiger partial charge in [0.15, 0.2) is 16.7 Å². The van der Waals surface area contributed by atoms with E-state index < -0.39 is 23.3 Å². The maximum atomic E-state index is 14.7. The maximum absolute atomic E-state index is 14.7. The Labute approximate surface area is 212 Å². The first-order chi connectivity index (χ1) is 17.5. The number of benzene rings is 1. The summed E-state index contributed by atoms with van der Waals surface area (Å²) in [5.74, 6) is -1.26. The summed E-state index contributed by atoms with van der Waals surface area (Å²) >= 11 is 6.07. The van der Waals surface area contributed by atoms with Crippen molar-refractivity contribution in [2.75, 3.05) is 5.32 Å². The normalized spacial score (nSPS) is 14.5. The average Bonchev–Trinajstić information content (AvgIpc) is 3.44. The molecule has 1 aromatic carbocycles. The van der Waals surface area contributed by atoms with Gasteiger partial charge in [-0.25, -0.2) is 14.4 Å². The van der Waals surface area contributed by atoms with Crippen LogP contribution < -0.4 is 5.32 Å². The fourth-order valence-electron chi connectivity index (χ4n) is 3.98. The Hall–Kier alpha value is -3.80. The van der Waals surface area contributed by atoms with E-state index in [2.05, 4.69) is 25.5 Å². The minimum atomic E-state index is -4.46. The molecular formula is C24H19ClF4N6O2. The Kier molecular flexibility index (Phi) is 6.22. The van der Waals surface area contributed by atoms with E-state index in [1.54, 1.807) is 36.4 Å². The van der Waals surface area contributed by atoms with E-state index in [1.165, 1.54) is 12.1 Å². The molecular weight excluding hydrogens is 516 g/mol. The van der Waals surface area contributed by atoms with Crippen LogP contribution >= 0.6 is 11.6 Å². The first-order valence-electron chi connectivity index (χ1n) is 11.2. The van der Waals surface area contributed by atoms with Crippen molar-refractivity contribution < 1.29 is 26.9 Å². The van der Waals surface area contributed by atoms with Gasteiger partial charge in [-0.15, -0.1) is 0 Å². The number of nitrogens with zero attached hydrogens (tertiary/aromatic N) is 5. The third-order valence-corrected chi connectivity index (χ3v) is 6.50. The van der Waals surface area contributed by atoms with Crippen molar-refractivity contribution in [3.63, 3.8) is 0 Å². The molecule has 0 bridgehead atoms. The molecule has 5 rings (SSSR count). The molecule has 13 heteroatoms. The van der Waals surface area contributed by atoms with Gasteiger partial charge in [0.05, 0.1) is 6.42 Å². The predicted molar refractivity (Wildman–Crippen MR) is 124 cm³/mol. The summed E-state index contributed by atoms with van der Waals surface area (Å²) in [7, 11) is 1.76. The zero-order valence-electron chi connectivity index (χ0n) is 19.3. The summed E-state index contributed by atoms with van der Waals surface area (Å²) in [6.45, 7) is 0. The molecule has 3 heterocycles. The Morgan fingerprint density at radius 1 is 1.16 bits per heavy atom. The first kappa shape index (κ1) is 24.9. The highest BCUT2D eigenvalue weighted by Crippen LogP contribution is 2.59. The van der Waals surface area contributed by atoms with Gasteiger partial charge in [-0.2, -0.15) is 18.3 Å². The third kappa shape index (κ3) is 5.06. The summed E-state index contributed by atoms with van der Waals surface area (Å²) < 4.78 is 60.9. The number of aryl methyl sites for hydroxylation is 1. The van der Waals surface area contributed by atoms with Crippen LogP contribution in [0.15, 0.2) is 47.4 Å².